The molecule has 92 valence electrons. The minimum absolute atomic E-state index is 0.452. The number of furan rings is 1. The van der Waals surface area contributed by atoms with Crippen molar-refractivity contribution in [3.63, 3.8) is 0 Å². The minimum atomic E-state index is -1.50. The Labute approximate surface area is 108 Å². The van der Waals surface area contributed by atoms with Crippen molar-refractivity contribution in [1.29, 1.82) is 0 Å². The molecule has 0 saturated carbocycles. The molecule has 2 aromatic carbocycles. The van der Waals surface area contributed by atoms with Gasteiger partial charge in [0.25, 0.3) is 0 Å². The van der Waals surface area contributed by atoms with Crippen molar-refractivity contribution in [2.45, 2.75) is 0 Å². The first-order valence-corrected chi connectivity index (χ1v) is 6.03. The van der Waals surface area contributed by atoms with E-state index in [4.69, 9.17) is 4.42 Å². The zero-order valence-electron chi connectivity index (χ0n) is 9.92. The van der Waals surface area contributed by atoms with Crippen LogP contribution in [-0.4, -0.2) is 22.2 Å². The van der Waals surface area contributed by atoms with Crippen molar-refractivity contribution in [3.8, 4) is 0 Å². The number of nitrogens with one attached hydrogen (secondary N) is 1. The summed E-state index contributed by atoms with van der Waals surface area (Å²) in [6, 6.07) is 13.1. The van der Waals surface area contributed by atoms with Crippen LogP contribution in [0.1, 0.15) is 0 Å². The molecule has 19 heavy (non-hydrogen) atoms. The monoisotopic (exact) mass is 251 g/mol. The molecule has 4 rings (SSSR count). The van der Waals surface area contributed by atoms with Crippen LogP contribution in [0.25, 0.3) is 33.0 Å². The standard InChI is InChI=1S/C14H10BNO3/c17-15(18)10-6-3-5-9-12(10)16-13-8-4-1-2-7-11(8)19-14(9)13/h1-7,16-18H. The lowest BCUT2D eigenvalue weighted by Crippen LogP contribution is -2.30. The van der Waals surface area contributed by atoms with E-state index in [1.165, 1.54) is 0 Å². The molecule has 0 atom stereocenters. The van der Waals surface area contributed by atoms with Gasteiger partial charge >= 0.3 is 7.12 Å². The number of rotatable bonds is 1. The summed E-state index contributed by atoms with van der Waals surface area (Å²) in [6.07, 6.45) is 0. The lowest BCUT2D eigenvalue weighted by atomic mass is 9.79. The van der Waals surface area contributed by atoms with E-state index in [2.05, 4.69) is 4.98 Å². The van der Waals surface area contributed by atoms with Gasteiger partial charge in [0.15, 0.2) is 5.58 Å². The summed E-state index contributed by atoms with van der Waals surface area (Å²) >= 11 is 0. The van der Waals surface area contributed by atoms with E-state index in [1.807, 2.05) is 30.3 Å². The van der Waals surface area contributed by atoms with E-state index in [1.54, 1.807) is 12.1 Å². The molecule has 2 heterocycles. The molecule has 0 bridgehead atoms. The van der Waals surface area contributed by atoms with Gasteiger partial charge in [-0.1, -0.05) is 24.3 Å². The van der Waals surface area contributed by atoms with Crippen LogP contribution in [0, 0.1) is 0 Å². The molecule has 0 fully saturated rings. The van der Waals surface area contributed by atoms with E-state index in [-0.39, 0.29) is 0 Å². The number of benzene rings is 2. The van der Waals surface area contributed by atoms with E-state index >= 15 is 0 Å². The number of para-hydroxylation sites is 2. The Hall–Kier alpha value is -2.24. The Balaban J connectivity index is 2.22. The third kappa shape index (κ3) is 1.37. The molecule has 4 nitrogen and oxygen atoms in total. The first-order valence-electron chi connectivity index (χ1n) is 6.03. The second-order valence-corrected chi connectivity index (χ2v) is 4.57. The molecule has 0 aliphatic rings. The molecule has 0 aliphatic carbocycles. The molecule has 0 aliphatic heterocycles. The predicted molar refractivity (Wildman–Crippen MR) is 75.4 cm³/mol. The van der Waals surface area contributed by atoms with Crippen LogP contribution in [0.3, 0.4) is 0 Å². The summed E-state index contributed by atoms with van der Waals surface area (Å²) in [5, 5.41) is 20.7. The Kier molecular flexibility index (Phi) is 2.04. The van der Waals surface area contributed by atoms with Crippen molar-refractivity contribution in [2.24, 2.45) is 0 Å². The summed E-state index contributed by atoms with van der Waals surface area (Å²) in [6.45, 7) is 0. The van der Waals surface area contributed by atoms with Gasteiger partial charge in [-0.15, -0.1) is 0 Å². The molecule has 0 amide bonds. The van der Waals surface area contributed by atoms with Gasteiger partial charge in [-0.05, 0) is 18.2 Å². The predicted octanol–water partition coefficient (Wildman–Crippen LogP) is 1.75. The molecule has 0 saturated heterocycles. The van der Waals surface area contributed by atoms with Crippen molar-refractivity contribution < 1.29 is 14.5 Å². The van der Waals surface area contributed by atoms with Gasteiger partial charge in [0.05, 0.1) is 5.52 Å². The largest absolute Gasteiger partial charge is 0.490 e. The van der Waals surface area contributed by atoms with Gasteiger partial charge in [0.1, 0.15) is 5.58 Å². The van der Waals surface area contributed by atoms with Crippen LogP contribution in [-0.2, 0) is 0 Å². The van der Waals surface area contributed by atoms with Crippen molar-refractivity contribution in [1.82, 2.24) is 4.98 Å². The number of hydrogen-bond acceptors (Lipinski definition) is 3. The molecular weight excluding hydrogens is 241 g/mol. The highest BCUT2D eigenvalue weighted by Crippen LogP contribution is 2.33. The Bertz CT molecular complexity index is 907. The quantitative estimate of drug-likeness (QED) is 0.451. The fraction of sp³-hybridized carbons (Fsp3) is 0. The summed E-state index contributed by atoms with van der Waals surface area (Å²) in [4.78, 5) is 3.24. The molecule has 0 unspecified atom stereocenters. The maximum Gasteiger partial charge on any atom is 0.490 e. The second-order valence-electron chi connectivity index (χ2n) is 4.57. The molecular formula is C14H10BNO3. The fourth-order valence-corrected chi connectivity index (χ4v) is 2.60. The zero-order valence-corrected chi connectivity index (χ0v) is 9.92. The van der Waals surface area contributed by atoms with Crippen molar-refractivity contribution in [2.75, 3.05) is 0 Å². The van der Waals surface area contributed by atoms with Gasteiger partial charge in [-0.25, -0.2) is 0 Å². The van der Waals surface area contributed by atoms with Crippen LogP contribution in [0.2, 0.25) is 0 Å². The lowest BCUT2D eigenvalue weighted by molar-refractivity contribution is 0.426. The normalized spacial score (nSPS) is 11.7. The molecule has 0 spiro atoms. The van der Waals surface area contributed by atoms with Gasteiger partial charge in [-0.2, -0.15) is 0 Å². The first-order chi connectivity index (χ1) is 9.25. The summed E-state index contributed by atoms with van der Waals surface area (Å²) in [7, 11) is -1.50. The Morgan fingerprint density at radius 2 is 1.68 bits per heavy atom. The maximum absolute atomic E-state index is 9.40. The Morgan fingerprint density at radius 3 is 2.53 bits per heavy atom. The average molecular weight is 251 g/mol. The van der Waals surface area contributed by atoms with Gasteiger partial charge in [0.2, 0.25) is 0 Å². The highest BCUT2D eigenvalue weighted by Gasteiger charge is 2.19. The summed E-state index contributed by atoms with van der Waals surface area (Å²) in [5.41, 5.74) is 3.61. The Morgan fingerprint density at radius 1 is 0.895 bits per heavy atom. The SMILES string of the molecule is OB(O)c1cccc2c1[nH]c1c3ccccc3oc21. The highest BCUT2D eigenvalue weighted by atomic mass is 16.4. The van der Waals surface area contributed by atoms with E-state index in [9.17, 15) is 10.0 Å². The number of aromatic nitrogens is 1. The van der Waals surface area contributed by atoms with Crippen molar-refractivity contribution in [3.05, 3.63) is 42.5 Å². The molecule has 0 radical (unpaired) electrons. The highest BCUT2D eigenvalue weighted by molar-refractivity contribution is 6.62. The number of H-pyrrole nitrogens is 1. The molecule has 5 heteroatoms. The van der Waals surface area contributed by atoms with Crippen LogP contribution in [0.15, 0.2) is 46.9 Å². The second kappa shape index (κ2) is 3.63. The van der Waals surface area contributed by atoms with Crippen LogP contribution >= 0.6 is 0 Å². The average Bonchev–Trinajstić information content (AvgIpc) is 2.94. The lowest BCUT2D eigenvalue weighted by Gasteiger charge is -2.00. The van der Waals surface area contributed by atoms with Crippen LogP contribution < -0.4 is 5.46 Å². The number of hydrogen-bond donors (Lipinski definition) is 3. The first kappa shape index (κ1) is 10.7. The van der Waals surface area contributed by atoms with Crippen LogP contribution in [0.4, 0.5) is 0 Å². The third-order valence-corrected chi connectivity index (χ3v) is 3.46. The van der Waals surface area contributed by atoms with Crippen molar-refractivity contribution >= 4 is 45.6 Å². The van der Waals surface area contributed by atoms with Gasteiger partial charge in [-0.3, -0.25) is 0 Å². The van der Waals surface area contributed by atoms with Gasteiger partial charge < -0.3 is 19.4 Å². The third-order valence-electron chi connectivity index (χ3n) is 3.46. The molecule has 2 aromatic heterocycles. The number of fused-ring (bicyclic) bond motifs is 5. The fourth-order valence-electron chi connectivity index (χ4n) is 2.60. The topological polar surface area (TPSA) is 69.4 Å². The van der Waals surface area contributed by atoms with Gasteiger partial charge in [0, 0.05) is 21.8 Å². The number of aromatic amines is 1. The molecule has 4 aromatic rings. The summed E-state index contributed by atoms with van der Waals surface area (Å²) < 4.78 is 5.85. The minimum Gasteiger partial charge on any atom is -0.454 e. The molecule has 3 N–H and O–H groups in total. The van der Waals surface area contributed by atoms with Crippen LogP contribution in [0.5, 0.6) is 0 Å². The van der Waals surface area contributed by atoms with E-state index < -0.39 is 7.12 Å². The summed E-state index contributed by atoms with van der Waals surface area (Å²) in [5.74, 6) is 0. The zero-order chi connectivity index (χ0) is 13.0. The smallest absolute Gasteiger partial charge is 0.454 e. The van der Waals surface area contributed by atoms with E-state index in [0.717, 1.165) is 27.5 Å². The van der Waals surface area contributed by atoms with E-state index in [0.29, 0.717) is 11.0 Å². The maximum atomic E-state index is 9.40.